The third kappa shape index (κ3) is 3.56. The Labute approximate surface area is 167 Å². The molecule has 0 saturated heterocycles. The van der Waals surface area contributed by atoms with Gasteiger partial charge in [0.05, 0.1) is 30.6 Å². The lowest BCUT2D eigenvalue weighted by molar-refractivity contribution is 0.416. The second-order valence-corrected chi connectivity index (χ2v) is 7.43. The van der Waals surface area contributed by atoms with Crippen molar-refractivity contribution in [3.63, 3.8) is 0 Å². The summed E-state index contributed by atoms with van der Waals surface area (Å²) in [5.74, 6) is 0.742. The average Bonchev–Trinajstić information content (AvgIpc) is 3.30. The minimum Gasteiger partial charge on any atom is -0.496 e. The van der Waals surface area contributed by atoms with E-state index in [4.69, 9.17) is 4.74 Å². The number of methoxy groups -OCH3 is 1. The summed E-state index contributed by atoms with van der Waals surface area (Å²) in [4.78, 5) is 17.2. The van der Waals surface area contributed by atoms with Crippen LogP contribution in [0.3, 0.4) is 0 Å². The second kappa shape index (κ2) is 7.45. The van der Waals surface area contributed by atoms with E-state index < -0.39 is 0 Å². The molecule has 0 spiro atoms. The number of hydrogen-bond donors (Lipinski definition) is 0. The van der Waals surface area contributed by atoms with E-state index in [1.54, 1.807) is 19.2 Å². The van der Waals surface area contributed by atoms with Crippen molar-refractivity contribution in [3.8, 4) is 22.0 Å². The zero-order valence-corrected chi connectivity index (χ0v) is 16.6. The van der Waals surface area contributed by atoms with Gasteiger partial charge in [-0.15, -0.1) is 11.3 Å². The maximum Gasteiger partial charge on any atom is 0.368 e. The first-order chi connectivity index (χ1) is 13.2. The van der Waals surface area contributed by atoms with Crippen LogP contribution in [0.15, 0.2) is 63.2 Å². The molecule has 0 atom stereocenters. The van der Waals surface area contributed by atoms with Crippen LogP contribution in [0.4, 0.5) is 0 Å². The topological polar surface area (TPSA) is 74.8 Å². The summed E-state index contributed by atoms with van der Waals surface area (Å²) < 4.78 is 8.92. The minimum absolute atomic E-state index is 0.248. The molecule has 0 saturated carbocycles. The molecule has 0 N–H and O–H groups in total. The quantitative estimate of drug-likeness (QED) is 0.472. The van der Waals surface area contributed by atoms with E-state index >= 15 is 0 Å². The summed E-state index contributed by atoms with van der Waals surface area (Å²) in [6, 6.07) is 14.9. The van der Waals surface area contributed by atoms with Crippen molar-refractivity contribution in [1.29, 1.82) is 0 Å². The van der Waals surface area contributed by atoms with E-state index in [-0.39, 0.29) is 12.2 Å². The number of hydrogen-bond acceptors (Lipinski definition) is 6. The Kier molecular flexibility index (Phi) is 4.87. The Morgan fingerprint density at radius 1 is 1.15 bits per heavy atom. The maximum absolute atomic E-state index is 12.5. The highest BCUT2D eigenvalue weighted by Crippen LogP contribution is 2.34. The standard InChI is InChI=1S/C18H14BrN5O2S/c1-26-16-8-7-12(19)9-15(16)17-20-13(11-27-17)10-23-18(25)24(22-21-23)14-5-3-2-4-6-14/h2-9,11H,10H2,1H3. The number of rotatable bonds is 5. The van der Waals surface area contributed by atoms with Gasteiger partial charge in [-0.2, -0.15) is 9.36 Å². The first-order valence-corrected chi connectivity index (χ1v) is 9.69. The summed E-state index contributed by atoms with van der Waals surface area (Å²) in [7, 11) is 1.63. The van der Waals surface area contributed by atoms with Crippen molar-refractivity contribution in [2.75, 3.05) is 7.11 Å². The molecule has 0 amide bonds. The molecule has 2 heterocycles. The Bertz CT molecular complexity index is 1140. The van der Waals surface area contributed by atoms with E-state index in [2.05, 4.69) is 31.3 Å². The Balaban J connectivity index is 1.62. The van der Waals surface area contributed by atoms with Crippen LogP contribution in [0.1, 0.15) is 5.69 Å². The van der Waals surface area contributed by atoms with Gasteiger partial charge < -0.3 is 4.74 Å². The molecule has 0 radical (unpaired) electrons. The molecule has 27 heavy (non-hydrogen) atoms. The van der Waals surface area contributed by atoms with Gasteiger partial charge in [0.2, 0.25) is 0 Å². The number of nitrogens with zero attached hydrogens (tertiary/aromatic N) is 5. The molecule has 2 aromatic heterocycles. The minimum atomic E-state index is -0.309. The Morgan fingerprint density at radius 2 is 1.96 bits per heavy atom. The molecule has 0 aliphatic carbocycles. The van der Waals surface area contributed by atoms with Crippen LogP contribution in [0.2, 0.25) is 0 Å². The van der Waals surface area contributed by atoms with E-state index in [1.807, 2.05) is 41.8 Å². The monoisotopic (exact) mass is 443 g/mol. The van der Waals surface area contributed by atoms with Gasteiger partial charge in [-0.3, -0.25) is 0 Å². The third-order valence-corrected chi connectivity index (χ3v) is 5.31. The number of benzene rings is 2. The van der Waals surface area contributed by atoms with Gasteiger partial charge >= 0.3 is 5.69 Å². The van der Waals surface area contributed by atoms with E-state index in [9.17, 15) is 4.79 Å². The van der Waals surface area contributed by atoms with E-state index in [0.29, 0.717) is 5.69 Å². The van der Waals surface area contributed by atoms with Gasteiger partial charge in [0, 0.05) is 9.85 Å². The van der Waals surface area contributed by atoms with Crippen molar-refractivity contribution in [2.45, 2.75) is 6.54 Å². The van der Waals surface area contributed by atoms with Crippen molar-refractivity contribution >= 4 is 27.3 Å². The predicted octanol–water partition coefficient (Wildman–Crippen LogP) is 3.37. The molecule has 0 bridgehead atoms. The van der Waals surface area contributed by atoms with Crippen molar-refractivity contribution in [2.24, 2.45) is 0 Å². The highest BCUT2D eigenvalue weighted by Gasteiger charge is 2.14. The summed E-state index contributed by atoms with van der Waals surface area (Å²) in [6.07, 6.45) is 0. The Hall–Kier alpha value is -2.78. The molecule has 136 valence electrons. The summed E-state index contributed by atoms with van der Waals surface area (Å²) in [5.41, 5.74) is 1.99. The smallest absolute Gasteiger partial charge is 0.368 e. The van der Waals surface area contributed by atoms with Gasteiger partial charge in [0.25, 0.3) is 0 Å². The lowest BCUT2D eigenvalue weighted by Crippen LogP contribution is -2.24. The third-order valence-electron chi connectivity index (χ3n) is 3.90. The zero-order valence-electron chi connectivity index (χ0n) is 14.2. The number of thiazole rings is 1. The molecular formula is C18H14BrN5O2S. The largest absolute Gasteiger partial charge is 0.496 e. The fraction of sp³-hybridized carbons (Fsp3) is 0.111. The van der Waals surface area contributed by atoms with Crippen LogP contribution in [-0.4, -0.2) is 31.9 Å². The molecule has 4 aromatic rings. The second-order valence-electron chi connectivity index (χ2n) is 5.66. The van der Waals surface area contributed by atoms with Crippen molar-refractivity contribution in [1.82, 2.24) is 24.8 Å². The van der Waals surface area contributed by atoms with Gasteiger partial charge in [0.15, 0.2) is 0 Å². The zero-order chi connectivity index (χ0) is 18.8. The molecular weight excluding hydrogens is 430 g/mol. The molecule has 0 fully saturated rings. The van der Waals surface area contributed by atoms with Crippen LogP contribution in [0.5, 0.6) is 5.75 Å². The lowest BCUT2D eigenvalue weighted by atomic mass is 10.2. The number of tetrazole rings is 1. The SMILES string of the molecule is COc1ccc(Br)cc1-c1nc(Cn2nnn(-c3ccccc3)c2=O)cs1. The molecule has 4 rings (SSSR count). The predicted molar refractivity (Wildman–Crippen MR) is 107 cm³/mol. The van der Waals surface area contributed by atoms with Crippen molar-refractivity contribution in [3.05, 3.63) is 74.6 Å². The van der Waals surface area contributed by atoms with Crippen LogP contribution in [0, 0.1) is 0 Å². The molecule has 0 aliphatic heterocycles. The number of ether oxygens (including phenoxy) is 1. The normalized spacial score (nSPS) is 10.9. The van der Waals surface area contributed by atoms with Crippen LogP contribution in [-0.2, 0) is 6.54 Å². The molecule has 0 unspecified atom stereocenters. The fourth-order valence-electron chi connectivity index (χ4n) is 2.61. The molecule has 7 nitrogen and oxygen atoms in total. The van der Waals surface area contributed by atoms with Gasteiger partial charge in [-0.1, -0.05) is 34.1 Å². The Morgan fingerprint density at radius 3 is 2.74 bits per heavy atom. The van der Waals surface area contributed by atoms with Crippen LogP contribution < -0.4 is 10.4 Å². The number of para-hydroxylation sites is 1. The molecule has 0 aliphatic rings. The lowest BCUT2D eigenvalue weighted by Gasteiger charge is -2.06. The summed E-state index contributed by atoms with van der Waals surface area (Å²) in [6.45, 7) is 0.248. The number of halogens is 1. The van der Waals surface area contributed by atoms with Crippen molar-refractivity contribution < 1.29 is 4.74 Å². The molecule has 9 heteroatoms. The van der Waals surface area contributed by atoms with Gasteiger partial charge in [0.1, 0.15) is 10.8 Å². The molecule has 2 aromatic carbocycles. The highest BCUT2D eigenvalue weighted by atomic mass is 79.9. The first kappa shape index (κ1) is 17.6. The number of aromatic nitrogens is 5. The van der Waals surface area contributed by atoms with E-state index in [1.165, 1.54) is 20.7 Å². The van der Waals surface area contributed by atoms with Gasteiger partial charge in [-0.25, -0.2) is 9.78 Å². The van der Waals surface area contributed by atoms with Gasteiger partial charge in [-0.05, 0) is 40.8 Å². The fourth-order valence-corrected chi connectivity index (χ4v) is 3.80. The average molecular weight is 444 g/mol. The summed E-state index contributed by atoms with van der Waals surface area (Å²) >= 11 is 4.96. The highest BCUT2D eigenvalue weighted by molar-refractivity contribution is 9.10. The van der Waals surface area contributed by atoms with Crippen LogP contribution in [0.25, 0.3) is 16.3 Å². The first-order valence-electron chi connectivity index (χ1n) is 8.02. The maximum atomic E-state index is 12.5. The summed E-state index contributed by atoms with van der Waals surface area (Å²) in [5, 5.41) is 10.6. The van der Waals surface area contributed by atoms with Crippen LogP contribution >= 0.6 is 27.3 Å². The van der Waals surface area contributed by atoms with E-state index in [0.717, 1.165) is 26.5 Å².